The number of benzene rings is 2. The second kappa shape index (κ2) is 6.60. The third-order valence-electron chi connectivity index (χ3n) is 2.78. The van der Waals surface area contributed by atoms with E-state index in [1.54, 1.807) is 25.3 Å². The molecule has 2 aromatic rings. The molecule has 0 atom stereocenters. The first kappa shape index (κ1) is 14.6. The summed E-state index contributed by atoms with van der Waals surface area (Å²) in [5.41, 5.74) is 1.24. The Morgan fingerprint density at radius 2 is 1.85 bits per heavy atom. The number of carbonyl (C=O) groups excluding carboxylic acids is 1. The largest absolute Gasteiger partial charge is 0.497 e. The highest BCUT2D eigenvalue weighted by atomic mass is 127. The minimum Gasteiger partial charge on any atom is -0.497 e. The zero-order valence-electron chi connectivity index (χ0n) is 11.1. The summed E-state index contributed by atoms with van der Waals surface area (Å²) in [4.78, 5) is 12.3. The first-order chi connectivity index (χ1) is 9.65. The Labute approximate surface area is 131 Å². The molecule has 0 heterocycles. The number of methoxy groups -OCH3 is 2. The van der Waals surface area contributed by atoms with Crippen molar-refractivity contribution in [1.29, 1.82) is 0 Å². The molecule has 20 heavy (non-hydrogen) atoms. The minimum atomic E-state index is -0.214. The summed E-state index contributed by atoms with van der Waals surface area (Å²) in [6, 6.07) is 12.7. The zero-order valence-corrected chi connectivity index (χ0v) is 13.3. The van der Waals surface area contributed by atoms with Gasteiger partial charge in [0.2, 0.25) is 0 Å². The van der Waals surface area contributed by atoms with Gasteiger partial charge in [-0.1, -0.05) is 12.1 Å². The maximum Gasteiger partial charge on any atom is 0.259 e. The lowest BCUT2D eigenvalue weighted by Gasteiger charge is -2.11. The van der Waals surface area contributed by atoms with Crippen molar-refractivity contribution in [3.05, 3.63) is 51.6 Å². The number of para-hydroxylation sites is 1. The Hall–Kier alpha value is -1.76. The lowest BCUT2D eigenvalue weighted by Crippen LogP contribution is -2.14. The summed E-state index contributed by atoms with van der Waals surface area (Å²) < 4.78 is 11.3. The number of carbonyl (C=O) groups is 1. The summed E-state index contributed by atoms with van der Waals surface area (Å²) in [7, 11) is 3.10. The number of nitrogens with one attached hydrogen (secondary N) is 1. The average Bonchev–Trinajstić information content (AvgIpc) is 2.48. The summed E-state index contributed by atoms with van der Waals surface area (Å²) in [6.45, 7) is 0. The van der Waals surface area contributed by atoms with E-state index in [0.29, 0.717) is 17.1 Å². The maximum atomic E-state index is 12.3. The average molecular weight is 383 g/mol. The van der Waals surface area contributed by atoms with Crippen molar-refractivity contribution in [1.82, 2.24) is 0 Å². The number of amides is 1. The highest BCUT2D eigenvalue weighted by Gasteiger charge is 2.14. The van der Waals surface area contributed by atoms with Gasteiger partial charge < -0.3 is 14.8 Å². The van der Waals surface area contributed by atoms with Crippen LogP contribution in [0.25, 0.3) is 0 Å². The van der Waals surface area contributed by atoms with Crippen LogP contribution in [0, 0.1) is 3.57 Å². The van der Waals surface area contributed by atoms with Gasteiger partial charge in [-0.25, -0.2) is 0 Å². The van der Waals surface area contributed by atoms with Gasteiger partial charge in [0.25, 0.3) is 5.91 Å². The van der Waals surface area contributed by atoms with Crippen LogP contribution in [-0.4, -0.2) is 20.1 Å². The van der Waals surface area contributed by atoms with E-state index < -0.39 is 0 Å². The van der Waals surface area contributed by atoms with Crippen molar-refractivity contribution in [2.45, 2.75) is 0 Å². The van der Waals surface area contributed by atoms with E-state index in [1.807, 2.05) is 24.3 Å². The SMILES string of the molecule is COc1ccc(C(=O)Nc2ccccc2I)c(OC)c1. The van der Waals surface area contributed by atoms with Crippen LogP contribution in [0.1, 0.15) is 10.4 Å². The molecule has 0 saturated carbocycles. The number of ether oxygens (including phenoxy) is 2. The van der Waals surface area contributed by atoms with Crippen LogP contribution in [0.3, 0.4) is 0 Å². The standard InChI is InChI=1S/C15H14INO3/c1-19-10-7-8-11(14(9-10)20-2)15(18)17-13-6-4-3-5-12(13)16/h3-9H,1-2H3,(H,17,18). The lowest BCUT2D eigenvalue weighted by atomic mass is 10.1. The van der Waals surface area contributed by atoms with E-state index in [0.717, 1.165) is 9.26 Å². The number of halogens is 1. The van der Waals surface area contributed by atoms with Gasteiger partial charge in [-0.15, -0.1) is 0 Å². The molecule has 0 unspecified atom stereocenters. The van der Waals surface area contributed by atoms with E-state index in [4.69, 9.17) is 9.47 Å². The first-order valence-corrected chi connectivity index (χ1v) is 7.01. The van der Waals surface area contributed by atoms with Crippen LogP contribution in [0.2, 0.25) is 0 Å². The van der Waals surface area contributed by atoms with E-state index in [1.165, 1.54) is 7.11 Å². The normalized spacial score (nSPS) is 9.95. The molecular weight excluding hydrogens is 369 g/mol. The lowest BCUT2D eigenvalue weighted by molar-refractivity contribution is 0.102. The van der Waals surface area contributed by atoms with Gasteiger partial charge in [-0.05, 0) is 46.9 Å². The predicted octanol–water partition coefficient (Wildman–Crippen LogP) is 3.56. The van der Waals surface area contributed by atoms with Gasteiger partial charge in [-0.2, -0.15) is 0 Å². The smallest absolute Gasteiger partial charge is 0.259 e. The van der Waals surface area contributed by atoms with Gasteiger partial charge in [0.1, 0.15) is 11.5 Å². The second-order valence-electron chi connectivity index (χ2n) is 4.00. The van der Waals surface area contributed by atoms with Crippen LogP contribution in [0.15, 0.2) is 42.5 Å². The summed E-state index contributed by atoms with van der Waals surface area (Å²) in [6.07, 6.45) is 0. The fourth-order valence-corrected chi connectivity index (χ4v) is 2.26. The fourth-order valence-electron chi connectivity index (χ4n) is 1.74. The molecule has 1 N–H and O–H groups in total. The molecule has 0 saturated heterocycles. The molecule has 0 radical (unpaired) electrons. The van der Waals surface area contributed by atoms with Gasteiger partial charge >= 0.3 is 0 Å². The van der Waals surface area contributed by atoms with Crippen molar-refractivity contribution >= 4 is 34.2 Å². The van der Waals surface area contributed by atoms with Crippen LogP contribution in [0.4, 0.5) is 5.69 Å². The molecule has 0 aliphatic carbocycles. The van der Waals surface area contributed by atoms with Crippen molar-refractivity contribution in [3.8, 4) is 11.5 Å². The topological polar surface area (TPSA) is 47.6 Å². The van der Waals surface area contributed by atoms with Crippen LogP contribution >= 0.6 is 22.6 Å². The van der Waals surface area contributed by atoms with Crippen LogP contribution in [0.5, 0.6) is 11.5 Å². The second-order valence-corrected chi connectivity index (χ2v) is 5.16. The fraction of sp³-hybridized carbons (Fsp3) is 0.133. The Morgan fingerprint density at radius 3 is 2.50 bits per heavy atom. The number of hydrogen-bond acceptors (Lipinski definition) is 3. The predicted molar refractivity (Wildman–Crippen MR) is 86.7 cm³/mol. The maximum absolute atomic E-state index is 12.3. The monoisotopic (exact) mass is 383 g/mol. The van der Waals surface area contributed by atoms with Crippen molar-refractivity contribution < 1.29 is 14.3 Å². The molecule has 0 fully saturated rings. The summed E-state index contributed by atoms with van der Waals surface area (Å²) >= 11 is 2.18. The molecule has 4 nitrogen and oxygen atoms in total. The molecule has 2 rings (SSSR count). The molecule has 1 amide bonds. The molecule has 104 valence electrons. The molecule has 0 bridgehead atoms. The van der Waals surface area contributed by atoms with Gasteiger partial charge in [0, 0.05) is 9.64 Å². The van der Waals surface area contributed by atoms with Crippen molar-refractivity contribution in [2.75, 3.05) is 19.5 Å². The Balaban J connectivity index is 2.27. The highest BCUT2D eigenvalue weighted by Crippen LogP contribution is 2.26. The van der Waals surface area contributed by atoms with Gasteiger partial charge in [0.05, 0.1) is 25.5 Å². The minimum absolute atomic E-state index is 0.214. The molecule has 0 spiro atoms. The van der Waals surface area contributed by atoms with Crippen molar-refractivity contribution in [3.63, 3.8) is 0 Å². The Kier molecular flexibility index (Phi) is 4.84. The van der Waals surface area contributed by atoms with Gasteiger partial charge in [-0.3, -0.25) is 4.79 Å². The quantitative estimate of drug-likeness (QED) is 0.822. The third kappa shape index (κ3) is 3.22. The van der Waals surface area contributed by atoms with E-state index in [-0.39, 0.29) is 5.91 Å². The molecule has 5 heteroatoms. The zero-order chi connectivity index (χ0) is 14.5. The Bertz CT molecular complexity index is 628. The molecule has 0 aliphatic rings. The third-order valence-corrected chi connectivity index (χ3v) is 3.72. The number of rotatable bonds is 4. The number of anilines is 1. The first-order valence-electron chi connectivity index (χ1n) is 5.93. The molecule has 2 aromatic carbocycles. The van der Waals surface area contributed by atoms with E-state index in [2.05, 4.69) is 27.9 Å². The molecule has 0 aromatic heterocycles. The Morgan fingerprint density at radius 1 is 1.10 bits per heavy atom. The van der Waals surface area contributed by atoms with Crippen LogP contribution < -0.4 is 14.8 Å². The molecular formula is C15H14INO3. The van der Waals surface area contributed by atoms with Crippen molar-refractivity contribution in [2.24, 2.45) is 0 Å². The van der Waals surface area contributed by atoms with E-state index in [9.17, 15) is 4.79 Å². The number of hydrogen-bond donors (Lipinski definition) is 1. The van der Waals surface area contributed by atoms with Crippen LogP contribution in [-0.2, 0) is 0 Å². The van der Waals surface area contributed by atoms with Gasteiger partial charge in [0.15, 0.2) is 0 Å². The summed E-state index contributed by atoms with van der Waals surface area (Å²) in [5, 5.41) is 2.87. The molecule has 0 aliphatic heterocycles. The highest BCUT2D eigenvalue weighted by molar-refractivity contribution is 14.1. The van der Waals surface area contributed by atoms with E-state index >= 15 is 0 Å². The summed E-state index contributed by atoms with van der Waals surface area (Å²) in [5.74, 6) is 0.911.